The summed E-state index contributed by atoms with van der Waals surface area (Å²) in [6, 6.07) is 12.5. The molecule has 0 unspecified atom stereocenters. The van der Waals surface area contributed by atoms with Crippen molar-refractivity contribution < 1.29 is 14.0 Å². The fourth-order valence-electron chi connectivity index (χ4n) is 2.47. The molecule has 1 aliphatic heterocycles. The van der Waals surface area contributed by atoms with Crippen molar-refractivity contribution in [3.05, 3.63) is 54.9 Å². The van der Waals surface area contributed by atoms with Gasteiger partial charge in [0.15, 0.2) is 0 Å². The highest BCUT2D eigenvalue weighted by Gasteiger charge is 2.26. The summed E-state index contributed by atoms with van der Waals surface area (Å²) in [5, 5.41) is 16.2. The Labute approximate surface area is 163 Å². The Bertz CT molecular complexity index is 1020. The number of amides is 2. The van der Waals surface area contributed by atoms with Gasteiger partial charge in [-0.1, -0.05) is 30.0 Å². The molecule has 0 spiro atoms. The quantitative estimate of drug-likeness (QED) is 0.659. The second-order valence-electron chi connectivity index (χ2n) is 5.71. The maximum Gasteiger partial charge on any atom is 0.277 e. The van der Waals surface area contributed by atoms with E-state index < -0.39 is 0 Å². The van der Waals surface area contributed by atoms with Crippen LogP contribution in [0.25, 0.3) is 11.5 Å². The number of thioether (sulfide) groups is 1. The first-order valence-corrected chi connectivity index (χ1v) is 9.29. The summed E-state index contributed by atoms with van der Waals surface area (Å²) in [7, 11) is 0. The normalized spacial score (nSPS) is 13.5. The predicted molar refractivity (Wildman–Crippen MR) is 102 cm³/mol. The second-order valence-corrected chi connectivity index (χ2v) is 6.64. The molecule has 3 aromatic rings. The monoisotopic (exact) mass is 394 g/mol. The van der Waals surface area contributed by atoms with Gasteiger partial charge in [-0.05, 0) is 24.3 Å². The predicted octanol–water partition coefficient (Wildman–Crippen LogP) is 2.09. The van der Waals surface area contributed by atoms with Crippen LogP contribution in [0, 0.1) is 0 Å². The number of carbonyl (C=O) groups is 2. The van der Waals surface area contributed by atoms with Gasteiger partial charge in [0.1, 0.15) is 5.84 Å². The number of nitrogens with one attached hydrogen (secondary N) is 1. The fourth-order valence-corrected chi connectivity index (χ4v) is 3.04. The van der Waals surface area contributed by atoms with Crippen molar-refractivity contribution in [2.75, 3.05) is 10.8 Å². The molecule has 0 radical (unpaired) electrons. The lowest BCUT2D eigenvalue weighted by molar-refractivity contribution is -0.117. The molecule has 0 atom stereocenters. The molecular formula is C18H14N6O3S. The van der Waals surface area contributed by atoms with Crippen LogP contribution in [0.1, 0.15) is 6.42 Å². The number of rotatable bonds is 5. The Balaban J connectivity index is 1.33. The number of hydrogen-bond acceptors (Lipinski definition) is 8. The molecule has 0 bridgehead atoms. The van der Waals surface area contributed by atoms with Gasteiger partial charge in [0.2, 0.25) is 11.8 Å². The molecule has 3 heterocycles. The van der Waals surface area contributed by atoms with Crippen LogP contribution in [0.15, 0.2) is 69.6 Å². The number of nitrogens with zero attached hydrogens (tertiary/aromatic N) is 5. The van der Waals surface area contributed by atoms with E-state index in [9.17, 15) is 9.59 Å². The second kappa shape index (κ2) is 8.01. The van der Waals surface area contributed by atoms with E-state index in [2.05, 4.69) is 25.6 Å². The number of aromatic nitrogens is 3. The van der Waals surface area contributed by atoms with Crippen molar-refractivity contribution in [2.45, 2.75) is 11.6 Å². The smallest absolute Gasteiger partial charge is 0.277 e. The first kappa shape index (κ1) is 17.9. The molecular weight excluding hydrogens is 380 g/mol. The Hall–Kier alpha value is -3.53. The topological polar surface area (TPSA) is 114 Å². The number of anilines is 1. The average molecular weight is 394 g/mol. The van der Waals surface area contributed by atoms with Crippen molar-refractivity contribution in [3.63, 3.8) is 0 Å². The first-order valence-electron chi connectivity index (χ1n) is 8.31. The molecule has 4 rings (SSSR count). The summed E-state index contributed by atoms with van der Waals surface area (Å²) in [4.78, 5) is 28.2. The maximum absolute atomic E-state index is 12.2. The Kier molecular flexibility index (Phi) is 5.11. The average Bonchev–Trinajstić information content (AvgIpc) is 3.34. The van der Waals surface area contributed by atoms with Crippen LogP contribution >= 0.6 is 11.8 Å². The Morgan fingerprint density at radius 1 is 1.14 bits per heavy atom. The van der Waals surface area contributed by atoms with E-state index in [-0.39, 0.29) is 29.2 Å². The van der Waals surface area contributed by atoms with Crippen LogP contribution < -0.4 is 10.3 Å². The first-order chi connectivity index (χ1) is 13.7. The van der Waals surface area contributed by atoms with Crippen molar-refractivity contribution in [3.8, 4) is 11.5 Å². The number of para-hydroxylation sites is 1. The van der Waals surface area contributed by atoms with E-state index in [1.54, 1.807) is 36.7 Å². The van der Waals surface area contributed by atoms with Gasteiger partial charge in [0.25, 0.3) is 11.1 Å². The molecule has 28 heavy (non-hydrogen) atoms. The molecule has 0 saturated heterocycles. The highest BCUT2D eigenvalue weighted by Crippen LogP contribution is 2.23. The maximum atomic E-state index is 12.2. The van der Waals surface area contributed by atoms with Gasteiger partial charge in [0, 0.05) is 18.0 Å². The van der Waals surface area contributed by atoms with Gasteiger partial charge >= 0.3 is 0 Å². The number of carbonyl (C=O) groups excluding carboxylic acids is 2. The number of pyridine rings is 1. The zero-order chi connectivity index (χ0) is 19.3. The molecule has 1 N–H and O–H groups in total. The van der Waals surface area contributed by atoms with Gasteiger partial charge in [-0.25, -0.2) is 0 Å². The van der Waals surface area contributed by atoms with Gasteiger partial charge in [-0.3, -0.25) is 14.6 Å². The lowest BCUT2D eigenvalue weighted by Crippen LogP contribution is -2.31. The fraction of sp³-hybridized carbons (Fsp3) is 0.111. The summed E-state index contributed by atoms with van der Waals surface area (Å²) >= 11 is 1.10. The Morgan fingerprint density at radius 2 is 1.93 bits per heavy atom. The zero-order valence-electron chi connectivity index (χ0n) is 14.5. The summed E-state index contributed by atoms with van der Waals surface area (Å²) in [6.45, 7) is 0. The number of amidine groups is 1. The summed E-state index contributed by atoms with van der Waals surface area (Å²) < 4.78 is 5.52. The van der Waals surface area contributed by atoms with Gasteiger partial charge in [-0.2, -0.15) is 10.1 Å². The highest BCUT2D eigenvalue weighted by molar-refractivity contribution is 7.99. The largest absolute Gasteiger partial charge is 0.411 e. The van der Waals surface area contributed by atoms with Crippen LogP contribution in [-0.2, 0) is 9.59 Å². The van der Waals surface area contributed by atoms with Crippen LogP contribution in [0.2, 0.25) is 0 Å². The third kappa shape index (κ3) is 4.07. The highest BCUT2D eigenvalue weighted by atomic mass is 32.2. The van der Waals surface area contributed by atoms with Gasteiger partial charge < -0.3 is 9.73 Å². The molecule has 2 amide bonds. The standard InChI is InChI=1S/C18H14N6O3S/c25-15(11-28-18-22-21-17(27-18)12-6-8-19-9-7-12)20-14-10-16(26)24(23-14)13-4-2-1-3-5-13/h1-9H,10-11H2,(H,20,23,25). The lowest BCUT2D eigenvalue weighted by Gasteiger charge is -2.10. The van der Waals surface area contributed by atoms with Gasteiger partial charge in [-0.15, -0.1) is 10.2 Å². The zero-order valence-corrected chi connectivity index (χ0v) is 15.3. The van der Waals surface area contributed by atoms with Crippen LogP contribution in [0.5, 0.6) is 0 Å². The van der Waals surface area contributed by atoms with Crippen molar-refractivity contribution in [1.29, 1.82) is 0 Å². The van der Waals surface area contributed by atoms with E-state index in [1.807, 2.05) is 18.2 Å². The van der Waals surface area contributed by atoms with E-state index in [4.69, 9.17) is 4.42 Å². The number of benzene rings is 1. The van der Waals surface area contributed by atoms with Crippen molar-refractivity contribution in [2.24, 2.45) is 5.10 Å². The van der Waals surface area contributed by atoms with Crippen molar-refractivity contribution >= 4 is 35.1 Å². The SMILES string of the molecule is O=C(CSc1nnc(-c2ccncc2)o1)NC1=NN(c2ccccc2)C(=O)C1. The minimum Gasteiger partial charge on any atom is -0.411 e. The van der Waals surface area contributed by atoms with Crippen molar-refractivity contribution in [1.82, 2.24) is 20.5 Å². The van der Waals surface area contributed by atoms with E-state index in [0.29, 0.717) is 17.4 Å². The molecule has 0 saturated carbocycles. The Morgan fingerprint density at radius 3 is 2.71 bits per heavy atom. The molecule has 1 aliphatic rings. The third-order valence-electron chi connectivity index (χ3n) is 3.72. The van der Waals surface area contributed by atoms with Crippen LogP contribution in [0.3, 0.4) is 0 Å². The van der Waals surface area contributed by atoms with E-state index in [0.717, 1.165) is 17.3 Å². The minimum absolute atomic E-state index is 0.0397. The molecule has 1 aromatic carbocycles. The molecule has 140 valence electrons. The van der Waals surface area contributed by atoms with Gasteiger partial charge in [0.05, 0.1) is 17.9 Å². The van der Waals surface area contributed by atoms with Crippen LogP contribution in [-0.4, -0.2) is 38.6 Å². The molecule has 2 aromatic heterocycles. The van der Waals surface area contributed by atoms with E-state index in [1.165, 1.54) is 5.01 Å². The molecule has 10 heteroatoms. The van der Waals surface area contributed by atoms with E-state index >= 15 is 0 Å². The molecule has 9 nitrogen and oxygen atoms in total. The molecule has 0 fully saturated rings. The number of hydrazone groups is 1. The third-order valence-corrected chi connectivity index (χ3v) is 4.54. The summed E-state index contributed by atoms with van der Waals surface area (Å²) in [6.07, 6.45) is 3.29. The lowest BCUT2D eigenvalue weighted by atomic mass is 10.3. The summed E-state index contributed by atoms with van der Waals surface area (Å²) in [5.41, 5.74) is 1.40. The number of hydrogen-bond donors (Lipinski definition) is 1. The van der Waals surface area contributed by atoms with Crippen LogP contribution in [0.4, 0.5) is 5.69 Å². The minimum atomic E-state index is -0.310. The molecule has 0 aliphatic carbocycles. The summed E-state index contributed by atoms with van der Waals surface area (Å²) in [5.74, 6) is 0.205.